The standard InChI is InChI=1S/C17H20N4O3/c1-12-10-16(20-17(18-12)21-4-6-22-7-5-21)19-13-2-3-14-15(11-13)24-9-8-23-14/h2-3,10-11H,4-9H2,1H3,(H,18,19,20). The van der Waals surface area contributed by atoms with E-state index in [1.165, 1.54) is 0 Å². The number of morpholine rings is 1. The van der Waals surface area contributed by atoms with Gasteiger partial charge in [0.1, 0.15) is 19.0 Å². The zero-order valence-electron chi connectivity index (χ0n) is 13.6. The summed E-state index contributed by atoms with van der Waals surface area (Å²) in [7, 11) is 0. The maximum absolute atomic E-state index is 5.62. The smallest absolute Gasteiger partial charge is 0.227 e. The number of hydrogen-bond acceptors (Lipinski definition) is 7. The predicted molar refractivity (Wildman–Crippen MR) is 90.5 cm³/mol. The van der Waals surface area contributed by atoms with E-state index in [-0.39, 0.29) is 0 Å². The maximum atomic E-state index is 5.62. The van der Waals surface area contributed by atoms with Crippen LogP contribution in [-0.4, -0.2) is 49.5 Å². The van der Waals surface area contributed by atoms with Crippen molar-refractivity contribution in [2.45, 2.75) is 6.92 Å². The van der Waals surface area contributed by atoms with Gasteiger partial charge in [-0.3, -0.25) is 0 Å². The SMILES string of the molecule is Cc1cc(Nc2ccc3c(c2)OCCO3)nc(N2CCOCC2)n1. The van der Waals surface area contributed by atoms with Crippen LogP contribution in [0.15, 0.2) is 24.3 Å². The van der Waals surface area contributed by atoms with E-state index in [0.29, 0.717) is 26.4 Å². The van der Waals surface area contributed by atoms with Crippen molar-refractivity contribution in [1.29, 1.82) is 0 Å². The van der Waals surface area contributed by atoms with Gasteiger partial charge >= 0.3 is 0 Å². The quantitative estimate of drug-likeness (QED) is 0.925. The molecule has 7 nitrogen and oxygen atoms in total. The molecule has 24 heavy (non-hydrogen) atoms. The number of nitrogens with one attached hydrogen (secondary N) is 1. The van der Waals surface area contributed by atoms with Crippen LogP contribution >= 0.6 is 0 Å². The van der Waals surface area contributed by atoms with Crippen LogP contribution in [0, 0.1) is 6.92 Å². The number of anilines is 3. The first kappa shape index (κ1) is 15.0. The van der Waals surface area contributed by atoms with E-state index in [4.69, 9.17) is 14.2 Å². The Labute approximate surface area is 140 Å². The third-order valence-electron chi connectivity index (χ3n) is 3.95. The molecule has 0 bridgehead atoms. The lowest BCUT2D eigenvalue weighted by molar-refractivity contribution is 0.122. The first-order valence-electron chi connectivity index (χ1n) is 8.13. The van der Waals surface area contributed by atoms with E-state index in [0.717, 1.165) is 47.7 Å². The van der Waals surface area contributed by atoms with Gasteiger partial charge in [0.2, 0.25) is 5.95 Å². The van der Waals surface area contributed by atoms with Gasteiger partial charge in [-0.25, -0.2) is 4.98 Å². The molecule has 1 N–H and O–H groups in total. The van der Waals surface area contributed by atoms with Crippen LogP contribution in [0.1, 0.15) is 5.69 Å². The molecule has 3 heterocycles. The normalized spacial score (nSPS) is 16.8. The van der Waals surface area contributed by atoms with Gasteiger partial charge in [0.25, 0.3) is 0 Å². The van der Waals surface area contributed by atoms with Crippen molar-refractivity contribution in [1.82, 2.24) is 9.97 Å². The number of benzene rings is 1. The Balaban J connectivity index is 1.56. The van der Waals surface area contributed by atoms with E-state index in [9.17, 15) is 0 Å². The van der Waals surface area contributed by atoms with Gasteiger partial charge in [-0.15, -0.1) is 0 Å². The molecule has 0 atom stereocenters. The summed E-state index contributed by atoms with van der Waals surface area (Å²) >= 11 is 0. The highest BCUT2D eigenvalue weighted by Gasteiger charge is 2.16. The minimum atomic E-state index is 0.574. The van der Waals surface area contributed by atoms with Crippen LogP contribution in [0.4, 0.5) is 17.5 Å². The first-order chi connectivity index (χ1) is 11.8. The third kappa shape index (κ3) is 3.21. The Morgan fingerprint density at radius 2 is 1.75 bits per heavy atom. The summed E-state index contributed by atoms with van der Waals surface area (Å²) in [5.41, 5.74) is 1.83. The van der Waals surface area contributed by atoms with Crippen molar-refractivity contribution in [3.05, 3.63) is 30.0 Å². The summed E-state index contributed by atoms with van der Waals surface area (Å²) in [6.07, 6.45) is 0. The summed E-state index contributed by atoms with van der Waals surface area (Å²) < 4.78 is 16.6. The van der Waals surface area contributed by atoms with Gasteiger partial charge in [-0.2, -0.15) is 4.98 Å². The van der Waals surface area contributed by atoms with Crippen molar-refractivity contribution in [2.24, 2.45) is 0 Å². The van der Waals surface area contributed by atoms with Crippen LogP contribution in [0.2, 0.25) is 0 Å². The fourth-order valence-corrected chi connectivity index (χ4v) is 2.79. The summed E-state index contributed by atoms with van der Waals surface area (Å²) in [5.74, 6) is 3.03. The van der Waals surface area contributed by atoms with Gasteiger partial charge in [-0.1, -0.05) is 0 Å². The van der Waals surface area contributed by atoms with Crippen LogP contribution in [0.25, 0.3) is 0 Å². The van der Waals surface area contributed by atoms with E-state index >= 15 is 0 Å². The highest BCUT2D eigenvalue weighted by molar-refractivity contribution is 5.62. The number of ether oxygens (including phenoxy) is 3. The molecular weight excluding hydrogens is 308 g/mol. The van der Waals surface area contributed by atoms with Crippen molar-refractivity contribution < 1.29 is 14.2 Å². The minimum Gasteiger partial charge on any atom is -0.486 e. The van der Waals surface area contributed by atoms with Gasteiger partial charge in [0.15, 0.2) is 11.5 Å². The van der Waals surface area contributed by atoms with E-state index in [2.05, 4.69) is 20.2 Å². The topological polar surface area (TPSA) is 68.7 Å². The number of nitrogens with zero attached hydrogens (tertiary/aromatic N) is 3. The van der Waals surface area contributed by atoms with Crippen molar-refractivity contribution in [3.8, 4) is 11.5 Å². The number of fused-ring (bicyclic) bond motifs is 1. The van der Waals surface area contributed by atoms with Crippen molar-refractivity contribution >= 4 is 17.5 Å². The zero-order chi connectivity index (χ0) is 16.4. The van der Waals surface area contributed by atoms with Gasteiger partial charge in [0, 0.05) is 36.6 Å². The fourth-order valence-electron chi connectivity index (χ4n) is 2.79. The molecule has 2 aliphatic heterocycles. The lowest BCUT2D eigenvalue weighted by Gasteiger charge is -2.27. The second kappa shape index (κ2) is 6.52. The van der Waals surface area contributed by atoms with Crippen molar-refractivity contribution in [2.75, 3.05) is 49.7 Å². The van der Waals surface area contributed by atoms with Gasteiger partial charge < -0.3 is 24.4 Å². The fraction of sp³-hybridized carbons (Fsp3) is 0.412. The molecule has 1 fully saturated rings. The Morgan fingerprint density at radius 3 is 2.58 bits per heavy atom. The summed E-state index contributed by atoms with van der Waals surface area (Å²) in [6, 6.07) is 7.73. The summed E-state index contributed by atoms with van der Waals surface area (Å²) in [4.78, 5) is 11.3. The minimum absolute atomic E-state index is 0.574. The molecule has 4 rings (SSSR count). The predicted octanol–water partition coefficient (Wildman–Crippen LogP) is 2.14. The molecule has 2 aromatic rings. The molecule has 0 radical (unpaired) electrons. The maximum Gasteiger partial charge on any atom is 0.227 e. The van der Waals surface area contributed by atoms with E-state index in [1.807, 2.05) is 31.2 Å². The molecular formula is C17H20N4O3. The van der Waals surface area contributed by atoms with Gasteiger partial charge in [0.05, 0.1) is 13.2 Å². The lowest BCUT2D eigenvalue weighted by Crippen LogP contribution is -2.37. The van der Waals surface area contributed by atoms with E-state index in [1.54, 1.807) is 0 Å². The zero-order valence-corrected chi connectivity index (χ0v) is 13.6. The second-order valence-corrected chi connectivity index (χ2v) is 5.78. The van der Waals surface area contributed by atoms with Crippen LogP contribution in [0.5, 0.6) is 11.5 Å². The molecule has 0 saturated carbocycles. The van der Waals surface area contributed by atoms with Crippen molar-refractivity contribution in [3.63, 3.8) is 0 Å². The second-order valence-electron chi connectivity index (χ2n) is 5.78. The highest BCUT2D eigenvalue weighted by atomic mass is 16.6. The monoisotopic (exact) mass is 328 g/mol. The van der Waals surface area contributed by atoms with Crippen LogP contribution in [-0.2, 0) is 4.74 Å². The molecule has 1 aromatic carbocycles. The molecule has 1 aromatic heterocycles. The number of rotatable bonds is 3. The lowest BCUT2D eigenvalue weighted by atomic mass is 10.2. The number of aryl methyl sites for hydroxylation is 1. The Kier molecular flexibility index (Phi) is 4.08. The molecule has 126 valence electrons. The number of hydrogen-bond donors (Lipinski definition) is 1. The highest BCUT2D eigenvalue weighted by Crippen LogP contribution is 2.33. The number of aromatic nitrogens is 2. The molecule has 0 amide bonds. The molecule has 2 aliphatic rings. The van der Waals surface area contributed by atoms with E-state index < -0.39 is 0 Å². The molecule has 1 saturated heterocycles. The largest absolute Gasteiger partial charge is 0.486 e. The molecule has 0 unspecified atom stereocenters. The van der Waals surface area contributed by atoms with Crippen LogP contribution < -0.4 is 19.7 Å². The molecule has 0 spiro atoms. The molecule has 0 aliphatic carbocycles. The Bertz CT molecular complexity index is 732. The Morgan fingerprint density at radius 1 is 0.958 bits per heavy atom. The Hall–Kier alpha value is -2.54. The van der Waals surface area contributed by atoms with Gasteiger partial charge in [-0.05, 0) is 19.1 Å². The third-order valence-corrected chi connectivity index (χ3v) is 3.95. The first-order valence-corrected chi connectivity index (χ1v) is 8.13. The average Bonchev–Trinajstić information content (AvgIpc) is 2.62. The summed E-state index contributed by atoms with van der Waals surface area (Å²) in [6.45, 7) is 6.18. The molecule has 7 heteroatoms. The average molecular weight is 328 g/mol. The summed E-state index contributed by atoms with van der Waals surface area (Å²) in [5, 5.41) is 3.33. The van der Waals surface area contributed by atoms with Crippen LogP contribution in [0.3, 0.4) is 0 Å².